The fourth-order valence-electron chi connectivity index (χ4n) is 1.55. The van der Waals surface area contributed by atoms with E-state index in [4.69, 9.17) is 0 Å². The van der Waals surface area contributed by atoms with Gasteiger partial charge in [0, 0.05) is 23.6 Å². The van der Waals surface area contributed by atoms with Crippen molar-refractivity contribution in [3.8, 4) is 0 Å². The van der Waals surface area contributed by atoms with Crippen molar-refractivity contribution in [1.82, 2.24) is 14.4 Å². The molecule has 0 aromatic carbocycles. The Bertz CT molecular complexity index is 590. The molecule has 0 unspecified atom stereocenters. The average Bonchev–Trinajstić information content (AvgIpc) is 2.48. The number of hydrogen-bond donors (Lipinski definition) is 1. The van der Waals surface area contributed by atoms with E-state index in [0.29, 0.717) is 16.6 Å². The molecule has 0 saturated heterocycles. The lowest BCUT2D eigenvalue weighted by Crippen LogP contribution is -2.15. The number of aromatic amines is 1. The molecule has 3 heterocycles. The van der Waals surface area contributed by atoms with Crippen LogP contribution < -0.4 is 11.1 Å². The number of nitrogens with zero attached hydrogens (tertiary/aromatic N) is 2. The molecular weight excluding hydrogens is 202 g/mol. The molecule has 0 radical (unpaired) electrons. The second-order valence-electron chi connectivity index (χ2n) is 3.01. The van der Waals surface area contributed by atoms with Gasteiger partial charge < -0.3 is 4.98 Å². The quantitative estimate of drug-likeness (QED) is 0.617. The lowest BCUT2D eigenvalue weighted by atomic mass is 10.4. The minimum atomic E-state index is -0.317. The molecule has 0 aliphatic carbocycles. The third kappa shape index (κ3) is 0.941. The predicted octanol–water partition coefficient (Wildman–Crippen LogP) is -0.0115. The van der Waals surface area contributed by atoms with E-state index in [9.17, 15) is 9.59 Å². The van der Waals surface area contributed by atoms with Crippen LogP contribution in [0.15, 0.2) is 26.9 Å². The van der Waals surface area contributed by atoms with Crippen molar-refractivity contribution in [2.24, 2.45) is 0 Å². The summed E-state index contributed by atoms with van der Waals surface area (Å²) < 4.78 is 1.80. The van der Waals surface area contributed by atoms with Gasteiger partial charge in [-0.3, -0.25) is 14.0 Å². The molecule has 0 spiro atoms. The fraction of sp³-hybridized carbons (Fsp3) is 0.125. The maximum Gasteiger partial charge on any atom is 0.275 e. The fourth-order valence-corrected chi connectivity index (χ4v) is 2.54. The van der Waals surface area contributed by atoms with Gasteiger partial charge in [0.2, 0.25) is 0 Å². The van der Waals surface area contributed by atoms with Gasteiger partial charge in [0.1, 0.15) is 5.65 Å². The summed E-state index contributed by atoms with van der Waals surface area (Å²) in [6.07, 6.45) is 0. The summed E-state index contributed by atoms with van der Waals surface area (Å²) in [7, 11) is 0. The second-order valence-corrected chi connectivity index (χ2v) is 3.95. The highest BCUT2D eigenvalue weighted by Crippen LogP contribution is 2.27. The third-order valence-electron chi connectivity index (χ3n) is 2.08. The molecule has 0 fully saturated rings. The number of rotatable bonds is 0. The largest absolute Gasteiger partial charge is 0.308 e. The molecule has 2 aromatic heterocycles. The minimum absolute atomic E-state index is 0.181. The van der Waals surface area contributed by atoms with E-state index in [2.05, 4.69) is 9.97 Å². The Morgan fingerprint density at radius 2 is 2.29 bits per heavy atom. The molecule has 0 amide bonds. The van der Waals surface area contributed by atoms with Crippen molar-refractivity contribution in [2.45, 2.75) is 10.9 Å². The van der Waals surface area contributed by atoms with Gasteiger partial charge in [-0.25, -0.2) is 0 Å². The average molecular weight is 207 g/mol. The van der Waals surface area contributed by atoms with Crippen LogP contribution in [0.2, 0.25) is 0 Å². The summed E-state index contributed by atoms with van der Waals surface area (Å²) in [6, 6.07) is 2.86. The van der Waals surface area contributed by atoms with Crippen LogP contribution >= 0.6 is 11.8 Å². The maximum atomic E-state index is 11.2. The van der Waals surface area contributed by atoms with Crippen LogP contribution in [0.5, 0.6) is 0 Å². The van der Waals surface area contributed by atoms with E-state index in [0.717, 1.165) is 5.69 Å². The van der Waals surface area contributed by atoms with Crippen molar-refractivity contribution in [1.29, 1.82) is 0 Å². The lowest BCUT2D eigenvalue weighted by molar-refractivity contribution is 0.848. The Balaban J connectivity index is 2.64. The highest BCUT2D eigenvalue weighted by Gasteiger charge is 2.16. The van der Waals surface area contributed by atoms with E-state index in [1.54, 1.807) is 4.40 Å². The van der Waals surface area contributed by atoms with Crippen LogP contribution in [0.25, 0.3) is 5.65 Å². The van der Waals surface area contributed by atoms with E-state index in [1.807, 2.05) is 0 Å². The van der Waals surface area contributed by atoms with Crippen molar-refractivity contribution in [3.63, 3.8) is 0 Å². The van der Waals surface area contributed by atoms with Gasteiger partial charge in [-0.1, -0.05) is 11.8 Å². The zero-order chi connectivity index (χ0) is 9.71. The van der Waals surface area contributed by atoms with Crippen LogP contribution in [-0.2, 0) is 5.75 Å². The summed E-state index contributed by atoms with van der Waals surface area (Å²) in [5.74, 6) is 0.691. The molecule has 6 heteroatoms. The highest BCUT2D eigenvalue weighted by atomic mass is 32.2. The first-order chi connectivity index (χ1) is 6.74. The second kappa shape index (κ2) is 2.48. The molecule has 1 aliphatic heterocycles. The normalized spacial score (nSPS) is 13.7. The topological polar surface area (TPSA) is 67.2 Å². The first-order valence-electron chi connectivity index (χ1n) is 4.03. The lowest BCUT2D eigenvalue weighted by Gasteiger charge is -2.00. The molecule has 0 bridgehead atoms. The number of hydrogen-bond acceptors (Lipinski definition) is 4. The Morgan fingerprint density at radius 3 is 3.14 bits per heavy atom. The van der Waals surface area contributed by atoms with Crippen LogP contribution in [0, 0.1) is 0 Å². The number of nitrogens with one attached hydrogen (secondary N) is 1. The third-order valence-corrected chi connectivity index (χ3v) is 3.06. The van der Waals surface area contributed by atoms with Gasteiger partial charge in [0.25, 0.3) is 11.1 Å². The Hall–Kier alpha value is -1.56. The van der Waals surface area contributed by atoms with Gasteiger partial charge >= 0.3 is 0 Å². The van der Waals surface area contributed by atoms with Gasteiger partial charge in [-0.05, 0) is 0 Å². The van der Waals surface area contributed by atoms with E-state index < -0.39 is 0 Å². The smallest absolute Gasteiger partial charge is 0.275 e. The Kier molecular flexibility index (Phi) is 1.38. The predicted molar refractivity (Wildman–Crippen MR) is 51.6 cm³/mol. The summed E-state index contributed by atoms with van der Waals surface area (Å²) >= 11 is 1.46. The molecular formula is C8H5N3O2S. The summed E-state index contributed by atoms with van der Waals surface area (Å²) in [5.41, 5.74) is 0.907. The molecule has 5 nitrogen and oxygen atoms in total. The number of aromatic nitrogens is 3. The summed E-state index contributed by atoms with van der Waals surface area (Å²) in [4.78, 5) is 28.8. The Labute approximate surface area is 81.8 Å². The Morgan fingerprint density at radius 1 is 1.43 bits per heavy atom. The highest BCUT2D eigenvalue weighted by molar-refractivity contribution is 7.98. The van der Waals surface area contributed by atoms with Crippen molar-refractivity contribution >= 4 is 17.4 Å². The molecule has 0 saturated carbocycles. The molecule has 70 valence electrons. The van der Waals surface area contributed by atoms with Crippen LogP contribution in [0.4, 0.5) is 0 Å². The molecule has 3 rings (SSSR count). The maximum absolute atomic E-state index is 11.2. The monoisotopic (exact) mass is 207 g/mol. The molecule has 1 aliphatic rings. The van der Waals surface area contributed by atoms with E-state index >= 15 is 0 Å². The number of thioether (sulfide) groups is 1. The van der Waals surface area contributed by atoms with Gasteiger partial charge in [-0.2, -0.15) is 4.98 Å². The van der Waals surface area contributed by atoms with Crippen molar-refractivity contribution in [3.05, 3.63) is 38.5 Å². The van der Waals surface area contributed by atoms with Gasteiger partial charge in [0.15, 0.2) is 5.16 Å². The van der Waals surface area contributed by atoms with Crippen LogP contribution in [0.3, 0.4) is 0 Å². The van der Waals surface area contributed by atoms with Crippen LogP contribution in [-0.4, -0.2) is 14.4 Å². The molecule has 14 heavy (non-hydrogen) atoms. The first kappa shape index (κ1) is 7.81. The SMILES string of the molecule is O=c1cc2[nH]c(=O)cc3n2c(n1)SC3. The summed E-state index contributed by atoms with van der Waals surface area (Å²) in [6.45, 7) is 0. The first-order valence-corrected chi connectivity index (χ1v) is 5.01. The van der Waals surface area contributed by atoms with Gasteiger partial charge in [0.05, 0.1) is 0 Å². The van der Waals surface area contributed by atoms with E-state index in [1.165, 1.54) is 23.9 Å². The van der Waals surface area contributed by atoms with Crippen molar-refractivity contribution < 1.29 is 0 Å². The standard InChI is InChI=1S/C8H5N3O2S/c12-6-1-4-3-14-8-10-7(13)2-5(9-6)11(4)8/h1-2H,3H2,(H,9,12). The zero-order valence-electron chi connectivity index (χ0n) is 6.98. The molecule has 0 atom stereocenters. The number of H-pyrrole nitrogens is 1. The molecule has 2 aromatic rings. The van der Waals surface area contributed by atoms with Crippen LogP contribution in [0.1, 0.15) is 5.69 Å². The van der Waals surface area contributed by atoms with E-state index in [-0.39, 0.29) is 11.1 Å². The minimum Gasteiger partial charge on any atom is -0.308 e. The summed E-state index contributed by atoms with van der Waals surface area (Å²) in [5, 5.41) is 0.652. The van der Waals surface area contributed by atoms with Crippen molar-refractivity contribution in [2.75, 3.05) is 0 Å². The van der Waals surface area contributed by atoms with Gasteiger partial charge in [-0.15, -0.1) is 0 Å². The molecule has 1 N–H and O–H groups in total. The zero-order valence-corrected chi connectivity index (χ0v) is 7.80.